The number of phenols is 1. The van der Waals surface area contributed by atoms with E-state index >= 15 is 0 Å². The number of rotatable bonds is 6. The highest BCUT2D eigenvalue weighted by Gasteiger charge is 2.27. The molecule has 180 valence electrons. The van der Waals surface area contributed by atoms with Crippen LogP contribution in [0.5, 0.6) is 23.0 Å². The number of pyridine rings is 1. The van der Waals surface area contributed by atoms with Gasteiger partial charge in [0.25, 0.3) is 0 Å². The summed E-state index contributed by atoms with van der Waals surface area (Å²) in [5.41, 5.74) is 1.84. The Kier molecular flexibility index (Phi) is 6.42. The molecular formula is C28H28N2O5. The Balaban J connectivity index is 1.54. The van der Waals surface area contributed by atoms with E-state index in [2.05, 4.69) is 16.0 Å². The maximum Gasteiger partial charge on any atom is 0.235 e. The molecule has 7 heteroatoms. The molecule has 0 saturated carbocycles. The lowest BCUT2D eigenvalue weighted by Crippen LogP contribution is -2.33. The van der Waals surface area contributed by atoms with Gasteiger partial charge in [0.2, 0.25) is 11.2 Å². The number of fused-ring (bicyclic) bond motifs is 1. The van der Waals surface area contributed by atoms with Gasteiger partial charge in [-0.3, -0.25) is 14.7 Å². The second-order valence-corrected chi connectivity index (χ2v) is 8.78. The quantitative estimate of drug-likeness (QED) is 0.384. The second-order valence-electron chi connectivity index (χ2n) is 8.78. The van der Waals surface area contributed by atoms with Crippen molar-refractivity contribution in [3.8, 4) is 23.0 Å². The first-order chi connectivity index (χ1) is 17.1. The van der Waals surface area contributed by atoms with Crippen LogP contribution in [-0.4, -0.2) is 28.6 Å². The third kappa shape index (κ3) is 4.47. The highest BCUT2D eigenvalue weighted by molar-refractivity contribution is 5.83. The SMILES string of the molecule is COc1ccccc1Oc1c(C)oc2c(CN3CCCC[C@H]3c3cccnc3)c(O)ccc2c1=O. The fraction of sp³-hybridized carbons (Fsp3) is 0.286. The van der Waals surface area contributed by atoms with Crippen LogP contribution >= 0.6 is 0 Å². The summed E-state index contributed by atoms with van der Waals surface area (Å²) >= 11 is 0. The standard InChI is InChI=1S/C28H28N2O5/c1-18-27(35-25-11-4-3-10-24(25)33-2)26(32)20-12-13-23(31)21(28(20)34-18)17-30-15-6-5-9-22(30)19-8-7-14-29-16-19/h3-4,7-8,10-14,16,22,31H,5-6,9,15,17H2,1-2H3/t22-/m0/s1. The summed E-state index contributed by atoms with van der Waals surface area (Å²) in [6.07, 6.45) is 6.89. The first-order valence-corrected chi connectivity index (χ1v) is 11.8. The molecule has 35 heavy (non-hydrogen) atoms. The van der Waals surface area contributed by atoms with Gasteiger partial charge in [-0.1, -0.05) is 24.6 Å². The van der Waals surface area contributed by atoms with Crippen LogP contribution in [0.15, 0.2) is 70.1 Å². The van der Waals surface area contributed by atoms with Crippen molar-refractivity contribution < 1.29 is 19.0 Å². The number of aryl methyl sites for hydroxylation is 1. The third-order valence-corrected chi connectivity index (χ3v) is 6.59. The summed E-state index contributed by atoms with van der Waals surface area (Å²) < 4.78 is 17.5. The molecule has 1 fully saturated rings. The number of methoxy groups -OCH3 is 1. The van der Waals surface area contributed by atoms with Gasteiger partial charge in [-0.25, -0.2) is 0 Å². The largest absolute Gasteiger partial charge is 0.507 e. The van der Waals surface area contributed by atoms with E-state index in [1.54, 1.807) is 44.5 Å². The van der Waals surface area contributed by atoms with Gasteiger partial charge >= 0.3 is 0 Å². The summed E-state index contributed by atoms with van der Waals surface area (Å²) in [4.78, 5) is 20.1. The van der Waals surface area contributed by atoms with Crippen LogP contribution in [0.4, 0.5) is 0 Å². The Morgan fingerprint density at radius 2 is 1.94 bits per heavy atom. The molecule has 0 amide bonds. The normalized spacial score (nSPS) is 16.3. The number of ether oxygens (including phenoxy) is 2. The van der Waals surface area contributed by atoms with E-state index in [-0.39, 0.29) is 23.0 Å². The van der Waals surface area contributed by atoms with Gasteiger partial charge in [0.05, 0.1) is 18.1 Å². The fourth-order valence-corrected chi connectivity index (χ4v) is 4.81. The molecule has 0 unspecified atom stereocenters. The maximum atomic E-state index is 13.5. The molecule has 1 aliphatic rings. The number of hydrogen-bond acceptors (Lipinski definition) is 7. The molecule has 0 aliphatic carbocycles. The van der Waals surface area contributed by atoms with Gasteiger partial charge in [-0.05, 0) is 62.2 Å². The fourth-order valence-electron chi connectivity index (χ4n) is 4.81. The summed E-state index contributed by atoms with van der Waals surface area (Å²) in [5.74, 6) is 1.49. The second kappa shape index (κ2) is 9.80. The van der Waals surface area contributed by atoms with Gasteiger partial charge in [0.15, 0.2) is 11.5 Å². The van der Waals surface area contributed by atoms with E-state index in [1.807, 2.05) is 24.4 Å². The molecule has 5 rings (SSSR count). The van der Waals surface area contributed by atoms with Crippen molar-refractivity contribution in [2.24, 2.45) is 0 Å². The van der Waals surface area contributed by atoms with Gasteiger partial charge in [-0.15, -0.1) is 0 Å². The average molecular weight is 473 g/mol. The number of piperidine rings is 1. The maximum absolute atomic E-state index is 13.5. The number of likely N-dealkylation sites (tertiary alicyclic amines) is 1. The molecular weight excluding hydrogens is 444 g/mol. The third-order valence-electron chi connectivity index (χ3n) is 6.59. The van der Waals surface area contributed by atoms with E-state index in [0.29, 0.717) is 40.3 Å². The molecule has 3 heterocycles. The predicted octanol–water partition coefficient (Wildman–Crippen LogP) is 5.73. The van der Waals surface area contributed by atoms with Crippen molar-refractivity contribution in [1.82, 2.24) is 9.88 Å². The minimum atomic E-state index is -0.293. The van der Waals surface area contributed by atoms with Crippen LogP contribution in [0.1, 0.15) is 42.2 Å². The molecule has 0 bridgehead atoms. The van der Waals surface area contributed by atoms with Crippen LogP contribution in [-0.2, 0) is 6.54 Å². The molecule has 1 saturated heterocycles. The lowest BCUT2D eigenvalue weighted by atomic mass is 9.95. The zero-order valence-electron chi connectivity index (χ0n) is 19.9. The number of hydrogen-bond donors (Lipinski definition) is 1. The Morgan fingerprint density at radius 1 is 1.11 bits per heavy atom. The minimum Gasteiger partial charge on any atom is -0.507 e. The van der Waals surface area contributed by atoms with Gasteiger partial charge < -0.3 is 19.0 Å². The van der Waals surface area contributed by atoms with E-state index in [9.17, 15) is 9.90 Å². The highest BCUT2D eigenvalue weighted by Crippen LogP contribution is 2.37. The van der Waals surface area contributed by atoms with Crippen molar-refractivity contribution in [2.75, 3.05) is 13.7 Å². The number of aromatic hydroxyl groups is 1. The van der Waals surface area contributed by atoms with Crippen molar-refractivity contribution in [1.29, 1.82) is 0 Å². The highest BCUT2D eigenvalue weighted by atomic mass is 16.5. The Bertz CT molecular complexity index is 1400. The van der Waals surface area contributed by atoms with Crippen LogP contribution < -0.4 is 14.9 Å². The molecule has 7 nitrogen and oxygen atoms in total. The number of benzene rings is 2. The lowest BCUT2D eigenvalue weighted by molar-refractivity contribution is 0.139. The van der Waals surface area contributed by atoms with Crippen LogP contribution in [0.25, 0.3) is 11.0 Å². The number of phenolic OH excluding ortho intramolecular Hbond substituents is 1. The van der Waals surface area contributed by atoms with Gasteiger partial charge in [0.1, 0.15) is 17.1 Å². The smallest absolute Gasteiger partial charge is 0.235 e. The Hall–Kier alpha value is -3.84. The van der Waals surface area contributed by atoms with Crippen molar-refractivity contribution in [2.45, 2.75) is 38.8 Å². The van der Waals surface area contributed by atoms with Crippen LogP contribution in [0.3, 0.4) is 0 Å². The molecule has 1 atom stereocenters. The van der Waals surface area contributed by atoms with Crippen LogP contribution in [0, 0.1) is 6.92 Å². The van der Waals surface area contributed by atoms with Crippen molar-refractivity contribution in [3.05, 3.63) is 88.0 Å². The van der Waals surface area contributed by atoms with Gasteiger partial charge in [-0.2, -0.15) is 0 Å². The summed E-state index contributed by atoms with van der Waals surface area (Å²) in [5, 5.41) is 11.2. The van der Waals surface area contributed by atoms with E-state index in [1.165, 1.54) is 0 Å². The Labute approximate surface area is 203 Å². The van der Waals surface area contributed by atoms with Crippen molar-refractivity contribution in [3.63, 3.8) is 0 Å². The lowest BCUT2D eigenvalue weighted by Gasteiger charge is -2.36. The summed E-state index contributed by atoms with van der Waals surface area (Å²) in [7, 11) is 1.55. The predicted molar refractivity (Wildman–Crippen MR) is 133 cm³/mol. The number of aromatic nitrogens is 1. The zero-order valence-corrected chi connectivity index (χ0v) is 19.9. The van der Waals surface area contributed by atoms with Crippen LogP contribution in [0.2, 0.25) is 0 Å². The first-order valence-electron chi connectivity index (χ1n) is 11.8. The monoisotopic (exact) mass is 472 g/mol. The molecule has 0 radical (unpaired) electrons. The first kappa shape index (κ1) is 22.9. The Morgan fingerprint density at radius 3 is 2.71 bits per heavy atom. The van der Waals surface area contributed by atoms with E-state index in [4.69, 9.17) is 13.9 Å². The molecule has 1 aliphatic heterocycles. The molecule has 4 aromatic rings. The average Bonchev–Trinajstić information content (AvgIpc) is 2.89. The zero-order chi connectivity index (χ0) is 24.4. The molecule has 2 aromatic carbocycles. The van der Waals surface area contributed by atoms with Gasteiger partial charge in [0, 0.05) is 25.0 Å². The molecule has 1 N–H and O–H groups in total. The topological polar surface area (TPSA) is 85.0 Å². The van der Waals surface area contributed by atoms with E-state index < -0.39 is 0 Å². The minimum absolute atomic E-state index is 0.102. The number of para-hydroxylation sites is 2. The summed E-state index contributed by atoms with van der Waals surface area (Å²) in [6.45, 7) is 3.03. The van der Waals surface area contributed by atoms with Crippen molar-refractivity contribution >= 4 is 11.0 Å². The molecule has 0 spiro atoms. The number of nitrogens with zero attached hydrogens (tertiary/aromatic N) is 2. The summed E-state index contributed by atoms with van der Waals surface area (Å²) in [6, 6.07) is 14.5. The van der Waals surface area contributed by atoms with E-state index in [0.717, 1.165) is 31.4 Å². The molecule has 2 aromatic heterocycles.